The maximum atomic E-state index is 5.93. The van der Waals surface area contributed by atoms with Gasteiger partial charge in [0.1, 0.15) is 5.82 Å². The molecule has 0 amide bonds. The number of nitrogens with zero attached hydrogens (tertiary/aromatic N) is 2. The van der Waals surface area contributed by atoms with Gasteiger partial charge < -0.3 is 9.88 Å². The zero-order valence-corrected chi connectivity index (χ0v) is 10.6. The Balaban J connectivity index is 1.99. The molecule has 1 heterocycles. The van der Waals surface area contributed by atoms with Crippen LogP contribution < -0.4 is 5.32 Å². The lowest BCUT2D eigenvalue weighted by atomic mass is 10.3. The van der Waals surface area contributed by atoms with E-state index < -0.39 is 0 Å². The molecule has 1 aromatic heterocycles. The van der Waals surface area contributed by atoms with Crippen LogP contribution in [0.3, 0.4) is 0 Å². The van der Waals surface area contributed by atoms with Crippen molar-refractivity contribution in [2.75, 3.05) is 5.32 Å². The molecule has 0 spiro atoms. The second-order valence-corrected chi connectivity index (χ2v) is 4.34. The monoisotopic (exact) mass is 249 g/mol. The molecule has 0 atom stereocenters. The van der Waals surface area contributed by atoms with E-state index in [1.165, 1.54) is 0 Å². The zero-order chi connectivity index (χ0) is 12.1. The second-order valence-electron chi connectivity index (χ2n) is 3.90. The van der Waals surface area contributed by atoms with Gasteiger partial charge in [-0.05, 0) is 24.6 Å². The molecule has 2 rings (SSSR count). The van der Waals surface area contributed by atoms with Gasteiger partial charge in [0.25, 0.3) is 0 Å². The molecule has 0 aliphatic carbocycles. The fraction of sp³-hybridized carbons (Fsp3) is 0.308. The summed E-state index contributed by atoms with van der Waals surface area (Å²) in [5.41, 5.74) is 1.02. The van der Waals surface area contributed by atoms with Gasteiger partial charge in [0, 0.05) is 29.6 Å². The van der Waals surface area contributed by atoms with Gasteiger partial charge in [-0.25, -0.2) is 4.98 Å². The van der Waals surface area contributed by atoms with Crippen LogP contribution in [-0.4, -0.2) is 9.55 Å². The number of imidazole rings is 1. The van der Waals surface area contributed by atoms with Crippen molar-refractivity contribution in [2.24, 2.45) is 0 Å². The number of aromatic nitrogens is 2. The first-order chi connectivity index (χ1) is 8.29. The lowest BCUT2D eigenvalue weighted by Crippen LogP contribution is -2.08. The molecule has 1 N–H and O–H groups in total. The first-order valence-electron chi connectivity index (χ1n) is 5.79. The van der Waals surface area contributed by atoms with E-state index in [1.807, 2.05) is 36.7 Å². The van der Waals surface area contributed by atoms with Crippen molar-refractivity contribution in [3.8, 4) is 0 Å². The number of nitrogens with one attached hydrogen (secondary N) is 1. The summed E-state index contributed by atoms with van der Waals surface area (Å²) >= 11 is 5.93. The number of hydrogen-bond donors (Lipinski definition) is 1. The van der Waals surface area contributed by atoms with Gasteiger partial charge in [-0.3, -0.25) is 0 Å². The van der Waals surface area contributed by atoms with Crippen LogP contribution in [0, 0.1) is 0 Å². The molecule has 0 radical (unpaired) electrons. The molecule has 0 saturated heterocycles. The smallest absolute Gasteiger partial charge is 0.128 e. The van der Waals surface area contributed by atoms with Crippen LogP contribution in [0.2, 0.25) is 5.02 Å². The number of hydrogen-bond acceptors (Lipinski definition) is 2. The SMILES string of the molecule is CCCn1ccnc1CNc1cccc(Cl)c1. The summed E-state index contributed by atoms with van der Waals surface area (Å²) < 4.78 is 2.16. The minimum Gasteiger partial charge on any atom is -0.378 e. The van der Waals surface area contributed by atoms with E-state index in [0.717, 1.165) is 29.5 Å². The first-order valence-corrected chi connectivity index (χ1v) is 6.17. The van der Waals surface area contributed by atoms with Crippen molar-refractivity contribution >= 4 is 17.3 Å². The highest BCUT2D eigenvalue weighted by atomic mass is 35.5. The largest absolute Gasteiger partial charge is 0.378 e. The Morgan fingerprint density at radius 1 is 1.41 bits per heavy atom. The van der Waals surface area contributed by atoms with E-state index >= 15 is 0 Å². The molecule has 0 unspecified atom stereocenters. The lowest BCUT2D eigenvalue weighted by molar-refractivity contribution is 0.644. The highest BCUT2D eigenvalue weighted by molar-refractivity contribution is 6.30. The molecule has 0 bridgehead atoms. The van der Waals surface area contributed by atoms with Crippen LogP contribution >= 0.6 is 11.6 Å². The topological polar surface area (TPSA) is 29.9 Å². The van der Waals surface area contributed by atoms with Crippen LogP contribution in [0.4, 0.5) is 5.69 Å². The molecule has 1 aromatic carbocycles. The summed E-state index contributed by atoms with van der Waals surface area (Å²) in [5, 5.41) is 4.06. The van der Waals surface area contributed by atoms with Gasteiger partial charge in [0.2, 0.25) is 0 Å². The van der Waals surface area contributed by atoms with E-state index in [2.05, 4.69) is 21.8 Å². The standard InChI is InChI=1S/C13H16ClN3/c1-2-7-17-8-6-15-13(17)10-16-12-5-3-4-11(14)9-12/h3-6,8-9,16H,2,7,10H2,1H3. The van der Waals surface area contributed by atoms with Gasteiger partial charge in [0.15, 0.2) is 0 Å². The minimum atomic E-state index is 0.716. The average Bonchev–Trinajstić information content (AvgIpc) is 2.75. The van der Waals surface area contributed by atoms with Crippen molar-refractivity contribution in [3.63, 3.8) is 0 Å². The van der Waals surface area contributed by atoms with Crippen molar-refractivity contribution in [3.05, 3.63) is 47.5 Å². The summed E-state index contributed by atoms with van der Waals surface area (Å²) in [4.78, 5) is 4.34. The Morgan fingerprint density at radius 3 is 3.06 bits per heavy atom. The first kappa shape index (κ1) is 12.0. The summed E-state index contributed by atoms with van der Waals surface area (Å²) in [6.07, 6.45) is 4.96. The third-order valence-corrected chi connectivity index (χ3v) is 2.78. The lowest BCUT2D eigenvalue weighted by Gasteiger charge is -2.08. The third-order valence-electron chi connectivity index (χ3n) is 2.54. The molecule has 90 valence electrons. The van der Waals surface area contributed by atoms with Crippen molar-refractivity contribution in [2.45, 2.75) is 26.4 Å². The predicted octanol–water partition coefficient (Wildman–Crippen LogP) is 3.56. The van der Waals surface area contributed by atoms with E-state index in [0.29, 0.717) is 6.54 Å². The van der Waals surface area contributed by atoms with Crippen LogP contribution in [0.1, 0.15) is 19.2 Å². The highest BCUT2D eigenvalue weighted by Gasteiger charge is 2.01. The number of benzene rings is 1. The zero-order valence-electron chi connectivity index (χ0n) is 9.86. The van der Waals surface area contributed by atoms with Crippen LogP contribution in [0.5, 0.6) is 0 Å². The Hall–Kier alpha value is -1.48. The molecular weight excluding hydrogens is 234 g/mol. The molecule has 17 heavy (non-hydrogen) atoms. The van der Waals surface area contributed by atoms with Gasteiger partial charge in [-0.2, -0.15) is 0 Å². The summed E-state index contributed by atoms with van der Waals surface area (Å²) in [5.74, 6) is 1.05. The normalized spacial score (nSPS) is 10.5. The minimum absolute atomic E-state index is 0.716. The van der Waals surface area contributed by atoms with E-state index in [9.17, 15) is 0 Å². The van der Waals surface area contributed by atoms with E-state index in [1.54, 1.807) is 0 Å². The maximum absolute atomic E-state index is 5.93. The third kappa shape index (κ3) is 3.24. The van der Waals surface area contributed by atoms with Crippen LogP contribution in [0.25, 0.3) is 0 Å². The number of aryl methyl sites for hydroxylation is 1. The second kappa shape index (κ2) is 5.73. The molecule has 3 nitrogen and oxygen atoms in total. The van der Waals surface area contributed by atoms with Gasteiger partial charge >= 0.3 is 0 Å². The molecule has 0 fully saturated rings. The number of anilines is 1. The number of rotatable bonds is 5. The van der Waals surface area contributed by atoms with Gasteiger partial charge in [-0.1, -0.05) is 24.6 Å². The van der Waals surface area contributed by atoms with Gasteiger partial charge in [0.05, 0.1) is 6.54 Å². The molecule has 0 saturated carbocycles. The fourth-order valence-electron chi connectivity index (χ4n) is 1.73. The van der Waals surface area contributed by atoms with Crippen LogP contribution in [0.15, 0.2) is 36.7 Å². The van der Waals surface area contributed by atoms with Crippen molar-refractivity contribution in [1.82, 2.24) is 9.55 Å². The Kier molecular flexibility index (Phi) is 4.04. The molecular formula is C13H16ClN3. The fourth-order valence-corrected chi connectivity index (χ4v) is 1.92. The maximum Gasteiger partial charge on any atom is 0.128 e. The summed E-state index contributed by atoms with van der Waals surface area (Å²) in [6.45, 7) is 3.88. The predicted molar refractivity (Wildman–Crippen MR) is 71.3 cm³/mol. The van der Waals surface area contributed by atoms with Crippen molar-refractivity contribution in [1.29, 1.82) is 0 Å². The molecule has 0 aliphatic rings. The highest BCUT2D eigenvalue weighted by Crippen LogP contribution is 2.15. The summed E-state index contributed by atoms with van der Waals surface area (Å²) in [7, 11) is 0. The Morgan fingerprint density at radius 2 is 2.29 bits per heavy atom. The van der Waals surface area contributed by atoms with Gasteiger partial charge in [-0.15, -0.1) is 0 Å². The molecule has 4 heteroatoms. The summed E-state index contributed by atoms with van der Waals surface area (Å²) in [6, 6.07) is 7.71. The average molecular weight is 250 g/mol. The van der Waals surface area contributed by atoms with E-state index in [-0.39, 0.29) is 0 Å². The molecule has 2 aromatic rings. The molecule has 0 aliphatic heterocycles. The van der Waals surface area contributed by atoms with Crippen LogP contribution in [-0.2, 0) is 13.1 Å². The Bertz CT molecular complexity index is 479. The van der Waals surface area contributed by atoms with E-state index in [4.69, 9.17) is 11.6 Å². The number of halogens is 1. The van der Waals surface area contributed by atoms with Crippen molar-refractivity contribution < 1.29 is 0 Å². The Labute approximate surface area is 106 Å². The quantitative estimate of drug-likeness (QED) is 0.878.